The van der Waals surface area contributed by atoms with Crippen LogP contribution in [0.1, 0.15) is 0 Å². The molecule has 0 atom stereocenters. The molecule has 0 aliphatic heterocycles. The number of thiophene rings is 1. The first-order chi connectivity index (χ1) is 8.79. The summed E-state index contributed by atoms with van der Waals surface area (Å²) in [7, 11) is 1.54. The molecule has 1 aromatic carbocycles. The Bertz CT molecular complexity index is 741. The van der Waals surface area contributed by atoms with Gasteiger partial charge in [-0.25, -0.2) is 0 Å². The van der Waals surface area contributed by atoms with Gasteiger partial charge >= 0.3 is 0 Å². The number of hydrogen-bond acceptors (Lipinski definition) is 4. The van der Waals surface area contributed by atoms with E-state index in [-0.39, 0.29) is 5.43 Å². The van der Waals surface area contributed by atoms with Crippen LogP contribution < -0.4 is 10.2 Å². The van der Waals surface area contributed by atoms with E-state index in [0.717, 1.165) is 4.88 Å². The zero-order chi connectivity index (χ0) is 12.5. The fourth-order valence-electron chi connectivity index (χ4n) is 1.89. The number of rotatable bonds is 2. The van der Waals surface area contributed by atoms with E-state index in [1.165, 1.54) is 17.4 Å². The SMILES string of the molecule is COc1cccc2oc(-c3cccs3)cc(=O)c12. The van der Waals surface area contributed by atoms with E-state index >= 15 is 0 Å². The van der Waals surface area contributed by atoms with Crippen molar-refractivity contribution in [1.29, 1.82) is 0 Å². The summed E-state index contributed by atoms with van der Waals surface area (Å²) in [6, 6.07) is 10.7. The molecule has 3 rings (SSSR count). The lowest BCUT2D eigenvalue weighted by Crippen LogP contribution is -2.02. The summed E-state index contributed by atoms with van der Waals surface area (Å²) in [5.74, 6) is 1.13. The first-order valence-corrected chi connectivity index (χ1v) is 6.32. The maximum Gasteiger partial charge on any atom is 0.197 e. The van der Waals surface area contributed by atoms with Crippen LogP contribution in [0.2, 0.25) is 0 Å². The molecule has 90 valence electrons. The molecule has 0 unspecified atom stereocenters. The first-order valence-electron chi connectivity index (χ1n) is 5.44. The van der Waals surface area contributed by atoms with E-state index in [1.807, 2.05) is 23.6 Å². The van der Waals surface area contributed by atoms with E-state index < -0.39 is 0 Å². The standard InChI is InChI=1S/C14H10O3S/c1-16-10-4-2-5-11-14(10)9(15)8-12(17-11)13-6-3-7-18-13/h2-8H,1H3. The van der Waals surface area contributed by atoms with Gasteiger partial charge in [-0.2, -0.15) is 0 Å². The lowest BCUT2D eigenvalue weighted by Gasteiger charge is -2.05. The number of hydrogen-bond donors (Lipinski definition) is 0. The van der Waals surface area contributed by atoms with Crippen LogP contribution in [0.4, 0.5) is 0 Å². The maximum absolute atomic E-state index is 12.1. The summed E-state index contributed by atoms with van der Waals surface area (Å²) in [6.07, 6.45) is 0. The maximum atomic E-state index is 12.1. The van der Waals surface area contributed by atoms with Crippen LogP contribution in [0.3, 0.4) is 0 Å². The second-order valence-electron chi connectivity index (χ2n) is 3.79. The molecule has 0 bridgehead atoms. The fourth-order valence-corrected chi connectivity index (χ4v) is 2.57. The highest BCUT2D eigenvalue weighted by molar-refractivity contribution is 7.13. The molecule has 18 heavy (non-hydrogen) atoms. The van der Waals surface area contributed by atoms with Crippen molar-refractivity contribution in [3.63, 3.8) is 0 Å². The zero-order valence-electron chi connectivity index (χ0n) is 9.67. The zero-order valence-corrected chi connectivity index (χ0v) is 10.5. The van der Waals surface area contributed by atoms with Crippen LogP contribution in [0, 0.1) is 0 Å². The van der Waals surface area contributed by atoms with Gasteiger partial charge in [-0.15, -0.1) is 11.3 Å². The van der Waals surface area contributed by atoms with Gasteiger partial charge in [-0.05, 0) is 23.6 Å². The summed E-state index contributed by atoms with van der Waals surface area (Å²) >= 11 is 1.54. The molecule has 0 fully saturated rings. The molecule has 3 aromatic rings. The Kier molecular flexibility index (Phi) is 2.64. The summed E-state index contributed by atoms with van der Waals surface area (Å²) < 4.78 is 10.9. The molecule has 2 aromatic heterocycles. The van der Waals surface area contributed by atoms with E-state index in [9.17, 15) is 4.79 Å². The van der Waals surface area contributed by atoms with Crippen molar-refractivity contribution >= 4 is 22.3 Å². The lowest BCUT2D eigenvalue weighted by atomic mass is 10.2. The molecule has 0 radical (unpaired) electrons. The molecular formula is C14H10O3S. The van der Waals surface area contributed by atoms with Gasteiger partial charge in [0.1, 0.15) is 22.5 Å². The molecule has 2 heterocycles. The second kappa shape index (κ2) is 4.31. The van der Waals surface area contributed by atoms with E-state index in [0.29, 0.717) is 22.5 Å². The Morgan fingerprint density at radius 3 is 2.83 bits per heavy atom. The second-order valence-corrected chi connectivity index (χ2v) is 4.73. The Morgan fingerprint density at radius 1 is 1.22 bits per heavy atom. The van der Waals surface area contributed by atoms with Crippen LogP contribution in [0.25, 0.3) is 21.6 Å². The molecule has 0 saturated carbocycles. The average molecular weight is 258 g/mol. The van der Waals surface area contributed by atoms with Crippen LogP contribution >= 0.6 is 11.3 Å². The Morgan fingerprint density at radius 2 is 2.11 bits per heavy atom. The summed E-state index contributed by atoms with van der Waals surface area (Å²) in [5.41, 5.74) is 0.461. The minimum absolute atomic E-state index is 0.0860. The van der Waals surface area contributed by atoms with Crippen molar-refractivity contribution in [2.24, 2.45) is 0 Å². The van der Waals surface area contributed by atoms with Gasteiger partial charge in [0, 0.05) is 6.07 Å². The minimum atomic E-state index is -0.0860. The van der Waals surface area contributed by atoms with Gasteiger partial charge in [0.05, 0.1) is 12.0 Å². The fraction of sp³-hybridized carbons (Fsp3) is 0.0714. The number of methoxy groups -OCH3 is 1. The molecule has 0 aliphatic rings. The number of fused-ring (bicyclic) bond motifs is 1. The van der Waals surface area contributed by atoms with Gasteiger partial charge in [-0.1, -0.05) is 12.1 Å². The normalized spacial score (nSPS) is 10.7. The van der Waals surface area contributed by atoms with Crippen LogP contribution in [0.15, 0.2) is 51.0 Å². The van der Waals surface area contributed by atoms with Crippen molar-refractivity contribution in [3.8, 4) is 16.4 Å². The van der Waals surface area contributed by atoms with E-state index in [4.69, 9.17) is 9.15 Å². The van der Waals surface area contributed by atoms with Gasteiger partial charge < -0.3 is 9.15 Å². The van der Waals surface area contributed by atoms with Crippen molar-refractivity contribution in [2.75, 3.05) is 7.11 Å². The van der Waals surface area contributed by atoms with Crippen LogP contribution in [0.5, 0.6) is 5.75 Å². The van der Waals surface area contributed by atoms with Gasteiger partial charge in [0.25, 0.3) is 0 Å². The smallest absolute Gasteiger partial charge is 0.197 e. The Hall–Kier alpha value is -2.07. The van der Waals surface area contributed by atoms with Crippen molar-refractivity contribution < 1.29 is 9.15 Å². The quantitative estimate of drug-likeness (QED) is 0.706. The molecular weight excluding hydrogens is 248 g/mol. The van der Waals surface area contributed by atoms with E-state index in [1.54, 1.807) is 19.2 Å². The molecule has 0 amide bonds. The summed E-state index contributed by atoms with van der Waals surface area (Å²) in [4.78, 5) is 13.1. The summed E-state index contributed by atoms with van der Waals surface area (Å²) in [5, 5.41) is 2.44. The highest BCUT2D eigenvalue weighted by atomic mass is 32.1. The third-order valence-electron chi connectivity index (χ3n) is 2.70. The van der Waals surface area contributed by atoms with E-state index in [2.05, 4.69) is 0 Å². The van der Waals surface area contributed by atoms with Crippen molar-refractivity contribution in [1.82, 2.24) is 0 Å². The molecule has 0 saturated heterocycles. The molecule has 4 heteroatoms. The highest BCUT2D eigenvalue weighted by Crippen LogP contribution is 2.29. The van der Waals surface area contributed by atoms with Gasteiger partial charge in [0.2, 0.25) is 0 Å². The average Bonchev–Trinajstić information content (AvgIpc) is 2.91. The lowest BCUT2D eigenvalue weighted by molar-refractivity contribution is 0.419. The van der Waals surface area contributed by atoms with Crippen LogP contribution in [-0.2, 0) is 0 Å². The monoisotopic (exact) mass is 258 g/mol. The number of benzene rings is 1. The van der Waals surface area contributed by atoms with Gasteiger partial charge in [-0.3, -0.25) is 4.79 Å². The third-order valence-corrected chi connectivity index (χ3v) is 3.58. The summed E-state index contributed by atoms with van der Waals surface area (Å²) in [6.45, 7) is 0. The topological polar surface area (TPSA) is 39.4 Å². The minimum Gasteiger partial charge on any atom is -0.496 e. The predicted octanol–water partition coefficient (Wildman–Crippen LogP) is 3.53. The van der Waals surface area contributed by atoms with Crippen molar-refractivity contribution in [3.05, 3.63) is 52.0 Å². The van der Waals surface area contributed by atoms with Crippen LogP contribution in [-0.4, -0.2) is 7.11 Å². The third kappa shape index (κ3) is 1.71. The number of ether oxygens (including phenoxy) is 1. The first kappa shape index (κ1) is 11.0. The molecule has 0 N–H and O–H groups in total. The predicted molar refractivity (Wildman–Crippen MR) is 72.3 cm³/mol. The Balaban J connectivity index is 2.33. The largest absolute Gasteiger partial charge is 0.496 e. The Labute approximate surface area is 107 Å². The molecule has 3 nitrogen and oxygen atoms in total. The van der Waals surface area contributed by atoms with Gasteiger partial charge in [0.15, 0.2) is 5.43 Å². The molecule has 0 spiro atoms. The highest BCUT2D eigenvalue weighted by Gasteiger charge is 2.11. The molecule has 0 aliphatic carbocycles. The van der Waals surface area contributed by atoms with Crippen molar-refractivity contribution in [2.45, 2.75) is 0 Å².